The minimum Gasteiger partial charge on any atom is -0.311 e. The number of sulfonamides is 1. The Bertz CT molecular complexity index is 718. The van der Waals surface area contributed by atoms with Crippen LogP contribution in [-0.2, 0) is 14.8 Å². The molecule has 7 heteroatoms. The number of rotatable bonds is 2. The van der Waals surface area contributed by atoms with Gasteiger partial charge in [-0.05, 0) is 38.0 Å². The van der Waals surface area contributed by atoms with Crippen molar-refractivity contribution < 1.29 is 13.2 Å². The molecule has 0 spiro atoms. The van der Waals surface area contributed by atoms with Crippen LogP contribution in [0.15, 0.2) is 28.0 Å². The lowest BCUT2D eigenvalue weighted by Crippen LogP contribution is -2.42. The molecule has 1 saturated heterocycles. The van der Waals surface area contributed by atoms with Crippen molar-refractivity contribution in [1.82, 2.24) is 4.31 Å². The van der Waals surface area contributed by atoms with Crippen molar-refractivity contribution >= 4 is 33.4 Å². The van der Waals surface area contributed by atoms with Gasteiger partial charge in [-0.3, -0.25) is 4.79 Å². The van der Waals surface area contributed by atoms with Crippen molar-refractivity contribution in [3.63, 3.8) is 0 Å². The van der Waals surface area contributed by atoms with Gasteiger partial charge in [-0.2, -0.15) is 4.31 Å². The molecule has 2 heterocycles. The summed E-state index contributed by atoms with van der Waals surface area (Å²) < 4.78 is 27.6. The number of nitrogens with zero attached hydrogens (tertiary/aromatic N) is 2. The Balaban J connectivity index is 2.00. The highest BCUT2D eigenvalue weighted by atomic mass is 32.2. The molecule has 1 amide bonds. The number of carbonyl (C=O) groups excluding carboxylic acids is 1. The van der Waals surface area contributed by atoms with E-state index in [2.05, 4.69) is 0 Å². The summed E-state index contributed by atoms with van der Waals surface area (Å²) in [4.78, 5) is 14.8. The van der Waals surface area contributed by atoms with Gasteiger partial charge >= 0.3 is 0 Å². The lowest BCUT2D eigenvalue weighted by molar-refractivity contribution is -0.116. The molecular formula is C16H22N2O3S2. The molecule has 2 aliphatic heterocycles. The fourth-order valence-corrected chi connectivity index (χ4v) is 5.94. The summed E-state index contributed by atoms with van der Waals surface area (Å²) in [5.41, 5.74) is 0.722. The first kappa shape index (κ1) is 16.8. The van der Waals surface area contributed by atoms with E-state index in [1.165, 1.54) is 6.92 Å². The van der Waals surface area contributed by atoms with Gasteiger partial charge in [-0.1, -0.05) is 6.42 Å². The number of hydrogen-bond donors (Lipinski definition) is 0. The normalized spacial score (nSPS) is 22.7. The van der Waals surface area contributed by atoms with Crippen LogP contribution in [0.4, 0.5) is 5.69 Å². The lowest BCUT2D eigenvalue weighted by Gasteiger charge is -2.33. The molecule has 1 fully saturated rings. The molecule has 0 bridgehead atoms. The molecule has 1 aromatic carbocycles. The molecule has 3 rings (SSSR count). The minimum atomic E-state index is -3.51. The Morgan fingerprint density at radius 2 is 2.04 bits per heavy atom. The van der Waals surface area contributed by atoms with Crippen molar-refractivity contribution in [2.45, 2.75) is 48.9 Å². The Morgan fingerprint density at radius 1 is 1.26 bits per heavy atom. The van der Waals surface area contributed by atoms with E-state index in [0.29, 0.717) is 18.0 Å². The Labute approximate surface area is 142 Å². The van der Waals surface area contributed by atoms with E-state index in [-0.39, 0.29) is 11.9 Å². The second-order valence-corrected chi connectivity index (χ2v) is 9.14. The second kappa shape index (κ2) is 6.45. The Hall–Kier alpha value is -1.05. The van der Waals surface area contributed by atoms with Crippen LogP contribution in [0, 0.1) is 0 Å². The zero-order valence-corrected chi connectivity index (χ0v) is 15.1. The molecule has 0 N–H and O–H groups in total. The minimum absolute atomic E-state index is 0.0306. The molecular weight excluding hydrogens is 332 g/mol. The van der Waals surface area contributed by atoms with Gasteiger partial charge in [0.25, 0.3) is 0 Å². The van der Waals surface area contributed by atoms with Crippen LogP contribution in [0.2, 0.25) is 0 Å². The van der Waals surface area contributed by atoms with E-state index < -0.39 is 10.0 Å². The summed E-state index contributed by atoms with van der Waals surface area (Å²) in [6, 6.07) is 5.20. The van der Waals surface area contributed by atoms with Gasteiger partial charge in [0.1, 0.15) is 0 Å². The second-order valence-electron chi connectivity index (χ2n) is 6.11. The number of carbonyl (C=O) groups is 1. The van der Waals surface area contributed by atoms with Gasteiger partial charge in [0.05, 0.1) is 10.6 Å². The van der Waals surface area contributed by atoms with Crippen molar-refractivity contribution in [3.8, 4) is 0 Å². The maximum Gasteiger partial charge on any atom is 0.243 e. The largest absolute Gasteiger partial charge is 0.311 e. The predicted molar refractivity (Wildman–Crippen MR) is 92.4 cm³/mol. The molecule has 0 aromatic heterocycles. The topological polar surface area (TPSA) is 57.7 Å². The fourth-order valence-electron chi connectivity index (χ4n) is 3.25. The first-order valence-corrected chi connectivity index (χ1v) is 10.4. The number of amides is 1. The zero-order valence-electron chi connectivity index (χ0n) is 13.5. The maximum absolute atomic E-state index is 13.0. The number of fused-ring (bicyclic) bond motifs is 1. The number of thioether (sulfide) groups is 1. The lowest BCUT2D eigenvalue weighted by atomic mass is 10.1. The summed E-state index contributed by atoms with van der Waals surface area (Å²) in [7, 11) is -3.51. The van der Waals surface area contributed by atoms with E-state index in [1.807, 2.05) is 13.0 Å². The van der Waals surface area contributed by atoms with Gasteiger partial charge in [0, 0.05) is 36.7 Å². The fraction of sp³-hybridized carbons (Fsp3) is 0.562. The SMILES string of the molecule is CC(=O)N1CCSc2ccc(S(=O)(=O)N3CCCCC3C)cc21. The quantitative estimate of drug-likeness (QED) is 0.819. The van der Waals surface area contributed by atoms with E-state index in [1.54, 1.807) is 33.1 Å². The summed E-state index contributed by atoms with van der Waals surface area (Å²) >= 11 is 1.66. The van der Waals surface area contributed by atoms with Gasteiger partial charge in [-0.25, -0.2) is 8.42 Å². The number of benzene rings is 1. The third-order valence-electron chi connectivity index (χ3n) is 4.52. The molecule has 1 aromatic rings. The number of anilines is 1. The molecule has 2 aliphatic rings. The van der Waals surface area contributed by atoms with Crippen LogP contribution >= 0.6 is 11.8 Å². The average Bonchev–Trinajstić information content (AvgIpc) is 2.53. The molecule has 0 radical (unpaired) electrons. The molecule has 5 nitrogen and oxygen atoms in total. The van der Waals surface area contributed by atoms with E-state index in [4.69, 9.17) is 0 Å². The third kappa shape index (κ3) is 3.14. The molecule has 126 valence electrons. The van der Waals surface area contributed by atoms with Gasteiger partial charge in [0.2, 0.25) is 15.9 Å². The van der Waals surface area contributed by atoms with Crippen molar-refractivity contribution in [1.29, 1.82) is 0 Å². The van der Waals surface area contributed by atoms with Crippen LogP contribution in [-0.4, -0.2) is 43.5 Å². The highest BCUT2D eigenvalue weighted by molar-refractivity contribution is 7.99. The van der Waals surface area contributed by atoms with Gasteiger partial charge in [0.15, 0.2) is 0 Å². The zero-order chi connectivity index (χ0) is 16.6. The molecule has 1 unspecified atom stereocenters. The van der Waals surface area contributed by atoms with Crippen LogP contribution in [0.3, 0.4) is 0 Å². The molecule has 23 heavy (non-hydrogen) atoms. The molecule has 1 atom stereocenters. The first-order chi connectivity index (χ1) is 10.9. The summed E-state index contributed by atoms with van der Waals surface area (Å²) in [5, 5.41) is 0. The first-order valence-electron chi connectivity index (χ1n) is 7.98. The van der Waals surface area contributed by atoms with Crippen LogP contribution in [0.5, 0.6) is 0 Å². The summed E-state index contributed by atoms with van der Waals surface area (Å²) in [5.74, 6) is 0.786. The Morgan fingerprint density at radius 3 is 2.74 bits per heavy atom. The standard InChI is InChI=1S/C16H22N2O3S2/c1-12-5-3-4-8-18(12)23(20,21)14-6-7-16-15(11-14)17(13(2)19)9-10-22-16/h6-7,11-12H,3-5,8-10H2,1-2H3. The molecule has 0 aliphatic carbocycles. The smallest absolute Gasteiger partial charge is 0.243 e. The van der Waals surface area contributed by atoms with E-state index in [9.17, 15) is 13.2 Å². The van der Waals surface area contributed by atoms with Crippen molar-refractivity contribution in [2.24, 2.45) is 0 Å². The van der Waals surface area contributed by atoms with Crippen molar-refractivity contribution in [2.75, 3.05) is 23.7 Å². The number of piperidine rings is 1. The van der Waals surface area contributed by atoms with Gasteiger partial charge < -0.3 is 4.90 Å². The van der Waals surface area contributed by atoms with E-state index >= 15 is 0 Å². The highest BCUT2D eigenvalue weighted by Gasteiger charge is 2.32. The van der Waals surface area contributed by atoms with Crippen LogP contribution in [0.1, 0.15) is 33.1 Å². The molecule has 0 saturated carbocycles. The monoisotopic (exact) mass is 354 g/mol. The van der Waals surface area contributed by atoms with E-state index in [0.717, 1.165) is 35.6 Å². The summed E-state index contributed by atoms with van der Waals surface area (Å²) in [6.07, 6.45) is 2.88. The highest BCUT2D eigenvalue weighted by Crippen LogP contribution is 2.37. The Kier molecular flexibility index (Phi) is 4.71. The maximum atomic E-state index is 13.0. The van der Waals surface area contributed by atoms with Crippen LogP contribution in [0.25, 0.3) is 0 Å². The average molecular weight is 354 g/mol. The van der Waals surface area contributed by atoms with Gasteiger partial charge in [-0.15, -0.1) is 11.8 Å². The predicted octanol–water partition coefficient (Wildman–Crippen LogP) is 2.71. The number of hydrogen-bond acceptors (Lipinski definition) is 4. The van der Waals surface area contributed by atoms with Crippen molar-refractivity contribution in [3.05, 3.63) is 18.2 Å². The van der Waals surface area contributed by atoms with Crippen LogP contribution < -0.4 is 4.90 Å². The summed E-state index contributed by atoms with van der Waals surface area (Å²) in [6.45, 7) is 4.68. The third-order valence-corrected chi connectivity index (χ3v) is 7.57.